The molecule has 1 aliphatic rings. The van der Waals surface area contributed by atoms with Gasteiger partial charge < -0.3 is 19.7 Å². The van der Waals surface area contributed by atoms with Crippen molar-refractivity contribution in [1.29, 1.82) is 0 Å². The molecular formula is C20H21ClN2O5S. The predicted molar refractivity (Wildman–Crippen MR) is 112 cm³/mol. The summed E-state index contributed by atoms with van der Waals surface area (Å²) in [6.45, 7) is 2.69. The molecule has 0 unspecified atom stereocenters. The molecule has 3 rings (SSSR count). The van der Waals surface area contributed by atoms with Gasteiger partial charge in [0.2, 0.25) is 5.91 Å². The second kappa shape index (κ2) is 9.87. The Labute approximate surface area is 177 Å². The zero-order chi connectivity index (χ0) is 20.8. The van der Waals surface area contributed by atoms with Crippen molar-refractivity contribution in [3.8, 4) is 0 Å². The van der Waals surface area contributed by atoms with Crippen molar-refractivity contribution in [2.75, 3.05) is 43.6 Å². The van der Waals surface area contributed by atoms with E-state index in [9.17, 15) is 14.4 Å². The summed E-state index contributed by atoms with van der Waals surface area (Å²) in [4.78, 5) is 39.3. The van der Waals surface area contributed by atoms with Gasteiger partial charge in [0.15, 0.2) is 5.78 Å². The number of nitrogens with one attached hydrogen (secondary N) is 1. The van der Waals surface area contributed by atoms with Gasteiger partial charge in [-0.05, 0) is 30.3 Å². The molecule has 1 saturated heterocycles. The maximum atomic E-state index is 12.3. The summed E-state index contributed by atoms with van der Waals surface area (Å²) in [6.07, 6.45) is 0.0578. The Balaban J connectivity index is 1.67. The zero-order valence-corrected chi connectivity index (χ0v) is 17.5. The second-order valence-corrected chi connectivity index (χ2v) is 8.11. The summed E-state index contributed by atoms with van der Waals surface area (Å²) >= 11 is 7.02. The van der Waals surface area contributed by atoms with Gasteiger partial charge in [-0.25, -0.2) is 4.79 Å². The summed E-state index contributed by atoms with van der Waals surface area (Å²) in [5, 5.41) is 2.71. The van der Waals surface area contributed by atoms with Gasteiger partial charge in [-0.2, -0.15) is 0 Å². The molecule has 0 bridgehead atoms. The van der Waals surface area contributed by atoms with Gasteiger partial charge >= 0.3 is 5.97 Å². The van der Waals surface area contributed by atoms with Crippen LogP contribution in [0.25, 0.3) is 0 Å². The predicted octanol–water partition coefficient (Wildman–Crippen LogP) is 3.63. The van der Waals surface area contributed by atoms with Crippen LogP contribution in [0.1, 0.15) is 32.9 Å². The number of benzene rings is 1. The number of amides is 1. The van der Waals surface area contributed by atoms with Gasteiger partial charge in [0.05, 0.1) is 40.8 Å². The van der Waals surface area contributed by atoms with Crippen molar-refractivity contribution in [3.63, 3.8) is 0 Å². The number of carbonyl (C=O) groups excluding carboxylic acids is 3. The maximum Gasteiger partial charge on any atom is 0.340 e. The van der Waals surface area contributed by atoms with E-state index in [0.717, 1.165) is 18.8 Å². The zero-order valence-electron chi connectivity index (χ0n) is 15.9. The number of rotatable bonds is 7. The molecule has 29 heavy (non-hydrogen) atoms. The number of nitrogens with zero attached hydrogens (tertiary/aromatic N) is 1. The summed E-state index contributed by atoms with van der Waals surface area (Å²) < 4.78 is 10.7. The molecule has 1 amide bonds. The first-order valence-corrected chi connectivity index (χ1v) is 10.3. The molecule has 1 aromatic carbocycles. The van der Waals surface area contributed by atoms with Crippen molar-refractivity contribution in [3.05, 3.63) is 45.1 Å². The third-order valence-corrected chi connectivity index (χ3v) is 5.76. The first-order chi connectivity index (χ1) is 14.0. The number of esters is 1. The van der Waals surface area contributed by atoms with Gasteiger partial charge in [0.25, 0.3) is 0 Å². The van der Waals surface area contributed by atoms with Crippen LogP contribution in [0.4, 0.5) is 11.4 Å². The number of hydrogen-bond acceptors (Lipinski definition) is 7. The van der Waals surface area contributed by atoms with E-state index in [1.807, 2.05) is 6.07 Å². The minimum atomic E-state index is -0.542. The number of halogens is 1. The molecule has 9 heteroatoms. The van der Waals surface area contributed by atoms with Crippen molar-refractivity contribution in [2.24, 2.45) is 0 Å². The van der Waals surface area contributed by atoms with Gasteiger partial charge in [-0.15, -0.1) is 11.3 Å². The van der Waals surface area contributed by atoms with Crippen LogP contribution in [-0.4, -0.2) is 51.1 Å². The van der Waals surface area contributed by atoms with Gasteiger partial charge in [0.1, 0.15) is 0 Å². The largest absolute Gasteiger partial charge is 0.465 e. The molecule has 0 radical (unpaired) electrons. The highest BCUT2D eigenvalue weighted by atomic mass is 35.5. The molecule has 154 valence electrons. The molecule has 2 heterocycles. The summed E-state index contributed by atoms with van der Waals surface area (Å²) in [5.41, 5.74) is 1.48. The molecule has 1 N–H and O–H groups in total. The lowest BCUT2D eigenvalue weighted by molar-refractivity contribution is -0.116. The van der Waals surface area contributed by atoms with Crippen molar-refractivity contribution in [1.82, 2.24) is 0 Å². The number of ketones is 1. The normalized spacial score (nSPS) is 13.8. The van der Waals surface area contributed by atoms with Crippen LogP contribution in [-0.2, 0) is 14.3 Å². The van der Waals surface area contributed by atoms with E-state index >= 15 is 0 Å². The number of methoxy groups -OCH3 is 1. The molecule has 0 saturated carbocycles. The van der Waals surface area contributed by atoms with Crippen LogP contribution in [0.3, 0.4) is 0 Å². The first-order valence-electron chi connectivity index (χ1n) is 9.11. The highest BCUT2D eigenvalue weighted by Crippen LogP contribution is 2.26. The van der Waals surface area contributed by atoms with Gasteiger partial charge in [-0.1, -0.05) is 11.6 Å². The topological polar surface area (TPSA) is 84.9 Å². The molecule has 1 fully saturated rings. The van der Waals surface area contributed by atoms with Crippen molar-refractivity contribution < 1.29 is 23.9 Å². The van der Waals surface area contributed by atoms with E-state index in [1.54, 1.807) is 24.3 Å². The molecule has 0 atom stereocenters. The molecule has 0 aliphatic carbocycles. The van der Waals surface area contributed by atoms with Crippen LogP contribution in [0.15, 0.2) is 30.3 Å². The van der Waals surface area contributed by atoms with E-state index in [-0.39, 0.29) is 30.1 Å². The first kappa shape index (κ1) is 21.3. The van der Waals surface area contributed by atoms with Gasteiger partial charge in [0, 0.05) is 31.6 Å². The molecular weight excluding hydrogens is 416 g/mol. The molecule has 1 aromatic heterocycles. The van der Waals surface area contributed by atoms with Crippen LogP contribution in [0.5, 0.6) is 0 Å². The standard InChI is InChI=1S/C20H21ClN2O5S/c1-27-20(26)14-12-13(23-8-10-28-11-9-23)2-3-15(14)22-19(25)7-4-16(24)17-5-6-18(21)29-17/h2-3,5-6,12H,4,7-11H2,1H3,(H,22,25). The van der Waals surface area contributed by atoms with Crippen LogP contribution in [0, 0.1) is 0 Å². The van der Waals surface area contributed by atoms with Crippen LogP contribution in [0.2, 0.25) is 4.34 Å². The molecule has 1 aliphatic heterocycles. The Hall–Kier alpha value is -2.42. The monoisotopic (exact) mass is 436 g/mol. The SMILES string of the molecule is COC(=O)c1cc(N2CCOCC2)ccc1NC(=O)CCC(=O)c1ccc(Cl)s1. The Bertz CT molecular complexity index is 908. The third kappa shape index (κ3) is 5.56. The Morgan fingerprint density at radius 1 is 1.17 bits per heavy atom. The number of carbonyl (C=O) groups is 3. The average molecular weight is 437 g/mol. The van der Waals surface area contributed by atoms with E-state index in [1.165, 1.54) is 18.4 Å². The number of anilines is 2. The fourth-order valence-electron chi connectivity index (χ4n) is 2.97. The van der Waals surface area contributed by atoms with Crippen LogP contribution >= 0.6 is 22.9 Å². The average Bonchev–Trinajstić information content (AvgIpc) is 3.18. The Kier molecular flexibility index (Phi) is 7.24. The number of morpholine rings is 1. The van der Waals surface area contributed by atoms with Crippen molar-refractivity contribution >= 4 is 52.0 Å². The lowest BCUT2D eigenvalue weighted by atomic mass is 10.1. The summed E-state index contributed by atoms with van der Waals surface area (Å²) in [6, 6.07) is 8.51. The van der Waals surface area contributed by atoms with Crippen LogP contribution < -0.4 is 10.2 Å². The molecule has 7 nitrogen and oxygen atoms in total. The summed E-state index contributed by atoms with van der Waals surface area (Å²) in [7, 11) is 1.29. The Morgan fingerprint density at radius 3 is 2.59 bits per heavy atom. The highest BCUT2D eigenvalue weighted by Gasteiger charge is 2.19. The molecule has 0 spiro atoms. The summed E-state index contributed by atoms with van der Waals surface area (Å²) in [5.74, 6) is -1.04. The lowest BCUT2D eigenvalue weighted by Gasteiger charge is -2.29. The minimum Gasteiger partial charge on any atom is -0.465 e. The smallest absolute Gasteiger partial charge is 0.340 e. The van der Waals surface area contributed by atoms with Crippen molar-refractivity contribution in [2.45, 2.75) is 12.8 Å². The minimum absolute atomic E-state index is 0.000179. The second-order valence-electron chi connectivity index (χ2n) is 6.40. The Morgan fingerprint density at radius 2 is 1.93 bits per heavy atom. The quantitative estimate of drug-likeness (QED) is 0.527. The number of hydrogen-bond donors (Lipinski definition) is 1. The van der Waals surface area contributed by atoms with E-state index < -0.39 is 5.97 Å². The number of thiophene rings is 1. The van der Waals surface area contributed by atoms with Gasteiger partial charge in [-0.3, -0.25) is 9.59 Å². The fourth-order valence-corrected chi connectivity index (χ4v) is 3.98. The third-order valence-electron chi connectivity index (χ3n) is 4.49. The van der Waals surface area contributed by atoms with E-state index in [0.29, 0.717) is 28.1 Å². The van der Waals surface area contributed by atoms with E-state index in [2.05, 4.69) is 10.2 Å². The fraction of sp³-hybridized carbons (Fsp3) is 0.350. The molecule has 2 aromatic rings. The van der Waals surface area contributed by atoms with E-state index in [4.69, 9.17) is 21.1 Å². The highest BCUT2D eigenvalue weighted by molar-refractivity contribution is 7.18. The number of ether oxygens (including phenoxy) is 2. The lowest BCUT2D eigenvalue weighted by Crippen LogP contribution is -2.36. The number of Topliss-reactive ketones (excluding diaryl/α,β-unsaturated/α-hetero) is 1. The maximum absolute atomic E-state index is 12.3.